The fourth-order valence-corrected chi connectivity index (χ4v) is 3.21. The lowest BCUT2D eigenvalue weighted by Crippen LogP contribution is -2.36. The molecule has 5 nitrogen and oxygen atoms in total. The van der Waals surface area contributed by atoms with Crippen molar-refractivity contribution in [3.63, 3.8) is 0 Å². The van der Waals surface area contributed by atoms with E-state index in [-0.39, 0.29) is 0 Å². The molecule has 1 saturated heterocycles. The first-order chi connectivity index (χ1) is 11.7. The number of nitrogens with two attached hydrogens (primary N) is 1. The molecule has 2 aromatic rings. The molecule has 0 spiro atoms. The Hall–Kier alpha value is -2.14. The van der Waals surface area contributed by atoms with Crippen LogP contribution >= 0.6 is 0 Å². The standard InChI is InChI=1S/C19H27N5/c1-14(2)16-7-9-24(10-8-16)19-21-12-18(13-22-19)23-17-5-3-15(11-20)4-6-17/h3-6,12-14,16,23H,7-11,20H2,1-2H3. The molecule has 0 saturated carbocycles. The minimum Gasteiger partial charge on any atom is -0.353 e. The van der Waals surface area contributed by atoms with Gasteiger partial charge in [0.15, 0.2) is 0 Å². The second-order valence-electron chi connectivity index (χ2n) is 6.87. The molecule has 128 valence electrons. The summed E-state index contributed by atoms with van der Waals surface area (Å²) in [4.78, 5) is 11.4. The fraction of sp³-hybridized carbons (Fsp3) is 0.474. The highest BCUT2D eigenvalue weighted by Gasteiger charge is 2.22. The van der Waals surface area contributed by atoms with E-state index in [0.29, 0.717) is 6.54 Å². The van der Waals surface area contributed by atoms with E-state index in [4.69, 9.17) is 5.73 Å². The minimum atomic E-state index is 0.561. The van der Waals surface area contributed by atoms with Crippen LogP contribution in [0.15, 0.2) is 36.7 Å². The van der Waals surface area contributed by atoms with Crippen LogP contribution in [0.1, 0.15) is 32.3 Å². The number of rotatable bonds is 5. The molecule has 0 unspecified atom stereocenters. The van der Waals surface area contributed by atoms with Crippen molar-refractivity contribution in [2.45, 2.75) is 33.2 Å². The lowest BCUT2D eigenvalue weighted by atomic mass is 9.87. The van der Waals surface area contributed by atoms with Crippen molar-refractivity contribution in [3.8, 4) is 0 Å². The largest absolute Gasteiger partial charge is 0.353 e. The molecule has 0 aliphatic carbocycles. The van der Waals surface area contributed by atoms with Gasteiger partial charge in [-0.3, -0.25) is 0 Å². The Morgan fingerprint density at radius 2 is 1.71 bits per heavy atom. The third kappa shape index (κ3) is 4.03. The van der Waals surface area contributed by atoms with E-state index in [0.717, 1.165) is 47.8 Å². The van der Waals surface area contributed by atoms with Crippen LogP contribution in [0.5, 0.6) is 0 Å². The fourth-order valence-electron chi connectivity index (χ4n) is 3.21. The monoisotopic (exact) mass is 325 g/mol. The predicted molar refractivity (Wildman–Crippen MR) is 99.4 cm³/mol. The molecule has 0 radical (unpaired) electrons. The van der Waals surface area contributed by atoms with Gasteiger partial charge in [-0.15, -0.1) is 0 Å². The van der Waals surface area contributed by atoms with Crippen LogP contribution in [0.4, 0.5) is 17.3 Å². The van der Waals surface area contributed by atoms with E-state index in [9.17, 15) is 0 Å². The Morgan fingerprint density at radius 3 is 2.25 bits per heavy atom. The van der Waals surface area contributed by atoms with Crippen molar-refractivity contribution < 1.29 is 0 Å². The summed E-state index contributed by atoms with van der Waals surface area (Å²) in [5.41, 5.74) is 8.66. The maximum atomic E-state index is 5.62. The Balaban J connectivity index is 1.59. The summed E-state index contributed by atoms with van der Waals surface area (Å²) in [6.45, 7) is 7.30. The molecule has 5 heteroatoms. The Morgan fingerprint density at radius 1 is 1.08 bits per heavy atom. The SMILES string of the molecule is CC(C)C1CCN(c2ncc(Nc3ccc(CN)cc3)cn2)CC1. The van der Waals surface area contributed by atoms with E-state index in [1.165, 1.54) is 12.8 Å². The van der Waals surface area contributed by atoms with Gasteiger partial charge in [-0.25, -0.2) is 9.97 Å². The Bertz CT molecular complexity index is 628. The molecule has 3 N–H and O–H groups in total. The van der Waals surface area contributed by atoms with E-state index >= 15 is 0 Å². The smallest absolute Gasteiger partial charge is 0.225 e. The van der Waals surface area contributed by atoms with Crippen molar-refractivity contribution in [1.29, 1.82) is 0 Å². The van der Waals surface area contributed by atoms with Crippen LogP contribution in [0.25, 0.3) is 0 Å². The number of anilines is 3. The Kier molecular flexibility index (Phi) is 5.30. The molecule has 3 rings (SSSR count). The molecule has 1 aliphatic heterocycles. The summed E-state index contributed by atoms with van der Waals surface area (Å²) in [6, 6.07) is 8.09. The molecule has 1 aromatic heterocycles. The number of aromatic nitrogens is 2. The molecule has 0 atom stereocenters. The van der Waals surface area contributed by atoms with Gasteiger partial charge in [0.2, 0.25) is 5.95 Å². The highest BCUT2D eigenvalue weighted by atomic mass is 15.3. The highest BCUT2D eigenvalue weighted by molar-refractivity contribution is 5.58. The minimum absolute atomic E-state index is 0.561. The van der Waals surface area contributed by atoms with Gasteiger partial charge in [0, 0.05) is 25.3 Å². The van der Waals surface area contributed by atoms with Crippen molar-refractivity contribution in [2.24, 2.45) is 17.6 Å². The summed E-state index contributed by atoms with van der Waals surface area (Å²) < 4.78 is 0. The van der Waals surface area contributed by atoms with Crippen molar-refractivity contribution in [3.05, 3.63) is 42.2 Å². The predicted octanol–water partition coefficient (Wildman–Crippen LogP) is 3.55. The van der Waals surface area contributed by atoms with E-state index in [2.05, 4.69) is 34.0 Å². The lowest BCUT2D eigenvalue weighted by Gasteiger charge is -2.33. The third-order valence-electron chi connectivity index (χ3n) is 4.88. The number of nitrogens with zero attached hydrogens (tertiary/aromatic N) is 3. The van der Waals surface area contributed by atoms with Gasteiger partial charge in [0.1, 0.15) is 0 Å². The molecule has 2 heterocycles. The molecule has 1 fully saturated rings. The first kappa shape index (κ1) is 16.7. The van der Waals surface area contributed by atoms with Gasteiger partial charge < -0.3 is 16.0 Å². The van der Waals surface area contributed by atoms with Crippen LogP contribution in [-0.4, -0.2) is 23.1 Å². The zero-order chi connectivity index (χ0) is 16.9. The average Bonchev–Trinajstić information content (AvgIpc) is 2.63. The zero-order valence-electron chi connectivity index (χ0n) is 14.6. The maximum Gasteiger partial charge on any atom is 0.225 e. The van der Waals surface area contributed by atoms with E-state index in [1.54, 1.807) is 0 Å². The summed E-state index contributed by atoms with van der Waals surface area (Å²) >= 11 is 0. The van der Waals surface area contributed by atoms with E-state index < -0.39 is 0 Å². The van der Waals surface area contributed by atoms with Crippen LogP contribution in [0.2, 0.25) is 0 Å². The second-order valence-corrected chi connectivity index (χ2v) is 6.87. The summed E-state index contributed by atoms with van der Waals surface area (Å²) in [5, 5.41) is 3.32. The maximum absolute atomic E-state index is 5.62. The summed E-state index contributed by atoms with van der Waals surface area (Å²) in [5.74, 6) is 2.44. The molecular weight excluding hydrogens is 298 g/mol. The molecule has 0 amide bonds. The highest BCUT2D eigenvalue weighted by Crippen LogP contribution is 2.26. The number of benzene rings is 1. The summed E-state index contributed by atoms with van der Waals surface area (Å²) in [7, 11) is 0. The first-order valence-electron chi connectivity index (χ1n) is 8.78. The van der Waals surface area contributed by atoms with Gasteiger partial charge in [-0.05, 0) is 42.4 Å². The van der Waals surface area contributed by atoms with Crippen molar-refractivity contribution in [2.75, 3.05) is 23.3 Å². The number of hydrogen-bond donors (Lipinski definition) is 2. The van der Waals surface area contributed by atoms with Gasteiger partial charge in [0.25, 0.3) is 0 Å². The van der Waals surface area contributed by atoms with Crippen molar-refractivity contribution in [1.82, 2.24) is 9.97 Å². The van der Waals surface area contributed by atoms with Crippen molar-refractivity contribution >= 4 is 17.3 Å². The Labute approximate surface area is 144 Å². The van der Waals surface area contributed by atoms with Crippen LogP contribution in [0.3, 0.4) is 0 Å². The molecule has 0 bridgehead atoms. The number of piperidine rings is 1. The average molecular weight is 325 g/mol. The van der Waals surface area contributed by atoms with Gasteiger partial charge in [0.05, 0.1) is 18.1 Å². The quantitative estimate of drug-likeness (QED) is 0.880. The number of hydrogen-bond acceptors (Lipinski definition) is 5. The van der Waals surface area contributed by atoms with Crippen LogP contribution < -0.4 is 16.0 Å². The normalized spacial score (nSPS) is 15.8. The lowest BCUT2D eigenvalue weighted by molar-refractivity contribution is 0.310. The molecule has 24 heavy (non-hydrogen) atoms. The van der Waals surface area contributed by atoms with E-state index in [1.807, 2.05) is 36.7 Å². The van der Waals surface area contributed by atoms with Gasteiger partial charge >= 0.3 is 0 Å². The zero-order valence-corrected chi connectivity index (χ0v) is 14.6. The summed E-state index contributed by atoms with van der Waals surface area (Å²) in [6.07, 6.45) is 6.17. The molecular formula is C19H27N5. The van der Waals surface area contributed by atoms with Crippen LogP contribution in [0, 0.1) is 11.8 Å². The second kappa shape index (κ2) is 7.62. The molecule has 1 aromatic carbocycles. The number of nitrogens with one attached hydrogen (secondary N) is 1. The third-order valence-corrected chi connectivity index (χ3v) is 4.88. The first-order valence-corrected chi connectivity index (χ1v) is 8.78. The van der Waals surface area contributed by atoms with Gasteiger partial charge in [-0.1, -0.05) is 26.0 Å². The molecule has 1 aliphatic rings. The van der Waals surface area contributed by atoms with Crippen LogP contribution in [-0.2, 0) is 6.54 Å². The topological polar surface area (TPSA) is 67.1 Å². The van der Waals surface area contributed by atoms with Gasteiger partial charge in [-0.2, -0.15) is 0 Å².